The molecule has 0 bridgehead atoms. The Morgan fingerprint density at radius 2 is 1.86 bits per heavy atom. The zero-order valence-electron chi connectivity index (χ0n) is 11.2. The molecule has 7 heteroatoms. The highest BCUT2D eigenvalue weighted by Gasteiger charge is 2.13. The molecule has 0 aliphatic rings. The van der Waals surface area contributed by atoms with Gasteiger partial charge in [-0.25, -0.2) is 0 Å². The quantitative estimate of drug-likeness (QED) is 0.665. The van der Waals surface area contributed by atoms with Gasteiger partial charge in [0.2, 0.25) is 5.78 Å². The van der Waals surface area contributed by atoms with Gasteiger partial charge in [-0.15, -0.1) is 22.7 Å². The first-order valence-corrected chi connectivity index (χ1v) is 9.28. The molecule has 3 aromatic heterocycles. The molecule has 0 radical (unpaired) electrons. The van der Waals surface area contributed by atoms with E-state index in [4.69, 9.17) is 11.6 Å². The van der Waals surface area contributed by atoms with E-state index in [1.165, 1.54) is 34.0 Å². The molecule has 0 saturated carbocycles. The fourth-order valence-electron chi connectivity index (χ4n) is 1.82. The van der Waals surface area contributed by atoms with Crippen molar-refractivity contribution in [2.45, 2.75) is 6.54 Å². The van der Waals surface area contributed by atoms with Crippen molar-refractivity contribution in [3.05, 3.63) is 65.6 Å². The van der Waals surface area contributed by atoms with E-state index in [1.54, 1.807) is 18.2 Å². The van der Waals surface area contributed by atoms with Gasteiger partial charge in [-0.2, -0.15) is 11.3 Å². The molecule has 3 rings (SSSR count). The molecule has 1 N–H and O–H groups in total. The SMILES string of the molecule is O=C(NCc1ccc(C(=O)c2ccsc2)s1)c1ccc(Cl)s1. The van der Waals surface area contributed by atoms with E-state index < -0.39 is 0 Å². The third-order valence-electron chi connectivity index (χ3n) is 2.89. The first kappa shape index (κ1) is 15.4. The van der Waals surface area contributed by atoms with Crippen LogP contribution in [-0.4, -0.2) is 11.7 Å². The van der Waals surface area contributed by atoms with Crippen molar-refractivity contribution in [2.24, 2.45) is 0 Å². The Hall–Kier alpha value is -1.47. The first-order valence-electron chi connectivity index (χ1n) is 6.32. The fourth-order valence-corrected chi connectivity index (χ4v) is 4.33. The lowest BCUT2D eigenvalue weighted by atomic mass is 10.2. The summed E-state index contributed by atoms with van der Waals surface area (Å²) in [7, 11) is 0. The molecule has 0 fully saturated rings. The largest absolute Gasteiger partial charge is 0.346 e. The summed E-state index contributed by atoms with van der Waals surface area (Å²) in [5, 5.41) is 6.55. The normalized spacial score (nSPS) is 10.6. The second-order valence-corrected chi connectivity index (χ2v) is 8.06. The number of hydrogen-bond acceptors (Lipinski definition) is 5. The summed E-state index contributed by atoms with van der Waals surface area (Å²) < 4.78 is 0.588. The van der Waals surface area contributed by atoms with Gasteiger partial charge in [0.05, 0.1) is 20.6 Å². The van der Waals surface area contributed by atoms with Gasteiger partial charge in [-0.3, -0.25) is 9.59 Å². The van der Waals surface area contributed by atoms with Gasteiger partial charge in [-0.05, 0) is 35.7 Å². The van der Waals surface area contributed by atoms with E-state index in [0.29, 0.717) is 26.2 Å². The lowest BCUT2D eigenvalue weighted by Crippen LogP contribution is -2.21. The average Bonchev–Trinajstić information content (AvgIpc) is 3.25. The number of carbonyl (C=O) groups is 2. The second kappa shape index (κ2) is 6.75. The number of carbonyl (C=O) groups excluding carboxylic acids is 2. The number of thiophene rings is 3. The van der Waals surface area contributed by atoms with Crippen LogP contribution < -0.4 is 5.32 Å². The van der Waals surface area contributed by atoms with E-state index in [9.17, 15) is 9.59 Å². The Kier molecular flexibility index (Phi) is 4.73. The number of halogens is 1. The van der Waals surface area contributed by atoms with E-state index in [2.05, 4.69) is 5.32 Å². The summed E-state index contributed by atoms with van der Waals surface area (Å²) in [6.07, 6.45) is 0. The summed E-state index contributed by atoms with van der Waals surface area (Å²) >= 11 is 9.96. The Morgan fingerprint density at radius 1 is 1.05 bits per heavy atom. The van der Waals surface area contributed by atoms with Crippen LogP contribution in [0.3, 0.4) is 0 Å². The predicted octanol–water partition coefficient (Wildman–Crippen LogP) is 4.69. The molecule has 0 spiro atoms. The molecule has 0 aliphatic heterocycles. The zero-order valence-corrected chi connectivity index (χ0v) is 14.4. The molecular formula is C15H10ClNO2S3. The molecular weight excluding hydrogens is 358 g/mol. The molecule has 3 aromatic rings. The van der Waals surface area contributed by atoms with Crippen LogP contribution in [0.15, 0.2) is 41.1 Å². The minimum Gasteiger partial charge on any atom is -0.346 e. The third kappa shape index (κ3) is 3.47. The van der Waals surface area contributed by atoms with Crippen molar-refractivity contribution in [2.75, 3.05) is 0 Å². The summed E-state index contributed by atoms with van der Waals surface area (Å²) in [4.78, 5) is 26.3. The molecule has 0 atom stereocenters. The van der Waals surface area contributed by atoms with Gasteiger partial charge < -0.3 is 5.32 Å². The van der Waals surface area contributed by atoms with Crippen LogP contribution in [0.25, 0.3) is 0 Å². The van der Waals surface area contributed by atoms with Crippen LogP contribution >= 0.6 is 45.6 Å². The molecule has 0 saturated heterocycles. The number of nitrogens with one attached hydrogen (secondary N) is 1. The van der Waals surface area contributed by atoms with Crippen LogP contribution in [0.1, 0.15) is 29.8 Å². The molecule has 22 heavy (non-hydrogen) atoms. The Morgan fingerprint density at radius 3 is 2.55 bits per heavy atom. The minimum absolute atomic E-state index is 0.0221. The summed E-state index contributed by atoms with van der Waals surface area (Å²) in [5.74, 6) is -0.134. The predicted molar refractivity (Wildman–Crippen MR) is 92.6 cm³/mol. The Labute approximate surface area is 144 Å². The zero-order chi connectivity index (χ0) is 15.5. The summed E-state index contributed by atoms with van der Waals surface area (Å²) in [5.41, 5.74) is 0.704. The van der Waals surface area contributed by atoms with Crippen LogP contribution in [-0.2, 0) is 6.54 Å². The number of rotatable bonds is 5. The van der Waals surface area contributed by atoms with E-state index in [-0.39, 0.29) is 11.7 Å². The monoisotopic (exact) mass is 367 g/mol. The van der Waals surface area contributed by atoms with Gasteiger partial charge in [0.15, 0.2) is 0 Å². The molecule has 0 aliphatic carbocycles. The molecule has 1 amide bonds. The highest BCUT2D eigenvalue weighted by molar-refractivity contribution is 7.18. The van der Waals surface area contributed by atoms with Crippen LogP contribution in [0.4, 0.5) is 0 Å². The van der Waals surface area contributed by atoms with Crippen LogP contribution in [0.5, 0.6) is 0 Å². The van der Waals surface area contributed by atoms with E-state index in [0.717, 1.165) is 4.88 Å². The van der Waals surface area contributed by atoms with Crippen molar-refractivity contribution >= 4 is 57.3 Å². The maximum atomic E-state index is 12.2. The van der Waals surface area contributed by atoms with Crippen molar-refractivity contribution in [1.29, 1.82) is 0 Å². The van der Waals surface area contributed by atoms with E-state index >= 15 is 0 Å². The van der Waals surface area contributed by atoms with Gasteiger partial charge in [0, 0.05) is 15.8 Å². The van der Waals surface area contributed by atoms with Crippen molar-refractivity contribution in [1.82, 2.24) is 5.32 Å². The molecule has 3 nitrogen and oxygen atoms in total. The summed E-state index contributed by atoms with van der Waals surface area (Å²) in [6.45, 7) is 0.399. The lowest BCUT2D eigenvalue weighted by Gasteiger charge is -2.00. The molecule has 112 valence electrons. The lowest BCUT2D eigenvalue weighted by molar-refractivity contribution is 0.0954. The minimum atomic E-state index is -0.156. The number of ketones is 1. The smallest absolute Gasteiger partial charge is 0.261 e. The second-order valence-electron chi connectivity index (χ2n) is 4.39. The highest BCUT2D eigenvalue weighted by Crippen LogP contribution is 2.23. The van der Waals surface area contributed by atoms with Gasteiger partial charge >= 0.3 is 0 Å². The van der Waals surface area contributed by atoms with E-state index in [1.807, 2.05) is 22.9 Å². The maximum Gasteiger partial charge on any atom is 0.261 e. The maximum absolute atomic E-state index is 12.2. The fraction of sp³-hybridized carbons (Fsp3) is 0.0667. The topological polar surface area (TPSA) is 46.2 Å². The van der Waals surface area contributed by atoms with Crippen molar-refractivity contribution in [3.63, 3.8) is 0 Å². The van der Waals surface area contributed by atoms with Crippen LogP contribution in [0, 0.1) is 0 Å². The highest BCUT2D eigenvalue weighted by atomic mass is 35.5. The molecule has 3 heterocycles. The first-order chi connectivity index (χ1) is 10.6. The summed E-state index contributed by atoms with van der Waals surface area (Å²) in [6, 6.07) is 8.88. The Bertz CT molecular complexity index is 804. The molecule has 0 aromatic carbocycles. The van der Waals surface area contributed by atoms with Crippen LogP contribution in [0.2, 0.25) is 4.34 Å². The van der Waals surface area contributed by atoms with Crippen molar-refractivity contribution < 1.29 is 9.59 Å². The van der Waals surface area contributed by atoms with Gasteiger partial charge in [0.1, 0.15) is 0 Å². The standard InChI is InChI=1S/C15H10ClNO2S3/c16-13-4-3-12(22-13)15(19)17-7-10-1-2-11(21-10)14(18)9-5-6-20-8-9/h1-6,8H,7H2,(H,17,19). The third-order valence-corrected chi connectivity index (χ3v) is 5.89. The van der Waals surface area contributed by atoms with Gasteiger partial charge in [-0.1, -0.05) is 11.6 Å². The van der Waals surface area contributed by atoms with Gasteiger partial charge in [0.25, 0.3) is 5.91 Å². The van der Waals surface area contributed by atoms with Crippen molar-refractivity contribution in [3.8, 4) is 0 Å². The average molecular weight is 368 g/mol. The number of amides is 1. The molecule has 0 unspecified atom stereocenters. The Balaban J connectivity index is 1.62. The number of hydrogen-bond donors (Lipinski definition) is 1.